The Labute approximate surface area is 105 Å². The molecule has 17 heavy (non-hydrogen) atoms. The van der Waals surface area contributed by atoms with Crippen LogP contribution in [-0.2, 0) is 10.0 Å². The summed E-state index contributed by atoms with van der Waals surface area (Å²) < 4.78 is 26.1. The maximum atomic E-state index is 11.7. The van der Waals surface area contributed by atoms with E-state index in [1.807, 2.05) is 0 Å². The van der Waals surface area contributed by atoms with Gasteiger partial charge in [-0.3, -0.25) is 0 Å². The number of nitrogens with two attached hydrogens (primary N) is 1. The van der Waals surface area contributed by atoms with Gasteiger partial charge in [0, 0.05) is 6.54 Å². The summed E-state index contributed by atoms with van der Waals surface area (Å²) in [5.41, 5.74) is 5.35. The van der Waals surface area contributed by atoms with Gasteiger partial charge in [-0.2, -0.15) is 0 Å². The smallest absolute Gasteiger partial charge is 0.211 e. The molecule has 0 aromatic rings. The number of sulfonamides is 1. The fraction of sp³-hybridized carbons (Fsp3) is 1.00. The molecule has 3 N–H and O–H groups in total. The zero-order chi connectivity index (χ0) is 12.7. The highest BCUT2D eigenvalue weighted by Gasteiger charge is 2.20. The molecule has 1 aliphatic carbocycles. The van der Waals surface area contributed by atoms with Crippen LogP contribution >= 0.6 is 0 Å². The van der Waals surface area contributed by atoms with Crippen molar-refractivity contribution in [2.75, 3.05) is 18.8 Å². The van der Waals surface area contributed by atoms with Crippen molar-refractivity contribution in [1.29, 1.82) is 0 Å². The molecule has 0 atom stereocenters. The van der Waals surface area contributed by atoms with Crippen LogP contribution < -0.4 is 10.5 Å². The predicted molar refractivity (Wildman–Crippen MR) is 71.2 cm³/mol. The molecule has 1 fully saturated rings. The molecule has 1 aliphatic rings. The van der Waals surface area contributed by atoms with E-state index in [0.717, 1.165) is 25.2 Å². The summed E-state index contributed by atoms with van der Waals surface area (Å²) >= 11 is 0. The molecule has 0 bridgehead atoms. The molecule has 0 aliphatic heterocycles. The molecule has 0 aromatic carbocycles. The fourth-order valence-corrected chi connectivity index (χ4v) is 3.50. The van der Waals surface area contributed by atoms with Gasteiger partial charge >= 0.3 is 0 Å². The van der Waals surface area contributed by atoms with Crippen molar-refractivity contribution in [2.24, 2.45) is 17.6 Å². The Bertz CT molecular complexity index is 296. The van der Waals surface area contributed by atoms with Crippen LogP contribution in [0.25, 0.3) is 0 Å². The van der Waals surface area contributed by atoms with Crippen LogP contribution in [0.1, 0.15) is 45.4 Å². The fourth-order valence-electron chi connectivity index (χ4n) is 2.29. The highest BCUT2D eigenvalue weighted by atomic mass is 32.2. The van der Waals surface area contributed by atoms with E-state index in [9.17, 15) is 8.42 Å². The zero-order valence-electron chi connectivity index (χ0n) is 10.8. The summed E-state index contributed by atoms with van der Waals surface area (Å²) in [5.74, 6) is 1.57. The Morgan fingerprint density at radius 3 is 2.41 bits per heavy atom. The SMILES string of the molecule is CC1CCC(CNS(=O)(=O)CCCCN)CC1. The van der Waals surface area contributed by atoms with Gasteiger partial charge < -0.3 is 5.73 Å². The molecule has 5 heteroatoms. The van der Waals surface area contributed by atoms with Crippen LogP contribution in [0, 0.1) is 11.8 Å². The van der Waals surface area contributed by atoms with Gasteiger partial charge in [0.25, 0.3) is 0 Å². The molecular weight excluding hydrogens is 236 g/mol. The Hall–Kier alpha value is -0.130. The minimum absolute atomic E-state index is 0.216. The zero-order valence-corrected chi connectivity index (χ0v) is 11.6. The summed E-state index contributed by atoms with van der Waals surface area (Å²) in [6, 6.07) is 0. The van der Waals surface area contributed by atoms with E-state index < -0.39 is 10.0 Å². The van der Waals surface area contributed by atoms with E-state index in [0.29, 0.717) is 25.4 Å². The molecule has 0 aromatic heterocycles. The van der Waals surface area contributed by atoms with Crippen molar-refractivity contribution in [3.63, 3.8) is 0 Å². The van der Waals surface area contributed by atoms with Gasteiger partial charge in [-0.05, 0) is 44.1 Å². The molecule has 0 amide bonds. The minimum Gasteiger partial charge on any atom is -0.330 e. The van der Waals surface area contributed by atoms with E-state index in [4.69, 9.17) is 5.73 Å². The average molecular weight is 262 g/mol. The lowest BCUT2D eigenvalue weighted by Gasteiger charge is -2.26. The lowest BCUT2D eigenvalue weighted by atomic mass is 9.83. The van der Waals surface area contributed by atoms with E-state index in [1.165, 1.54) is 12.8 Å². The van der Waals surface area contributed by atoms with E-state index in [2.05, 4.69) is 11.6 Å². The van der Waals surface area contributed by atoms with Crippen molar-refractivity contribution in [1.82, 2.24) is 4.72 Å². The first-order valence-electron chi connectivity index (χ1n) is 6.71. The lowest BCUT2D eigenvalue weighted by Crippen LogP contribution is -2.32. The molecule has 0 saturated heterocycles. The van der Waals surface area contributed by atoms with Crippen molar-refractivity contribution in [2.45, 2.75) is 45.4 Å². The second-order valence-corrected chi connectivity index (χ2v) is 7.22. The predicted octanol–water partition coefficient (Wildman–Crippen LogP) is 1.47. The second kappa shape index (κ2) is 7.34. The number of nitrogens with one attached hydrogen (secondary N) is 1. The molecular formula is C12H26N2O2S. The average Bonchev–Trinajstić information content (AvgIpc) is 2.29. The molecule has 1 rings (SSSR count). The molecule has 4 nitrogen and oxygen atoms in total. The molecule has 0 unspecified atom stereocenters. The second-order valence-electron chi connectivity index (χ2n) is 5.29. The number of hydrogen-bond acceptors (Lipinski definition) is 3. The molecule has 0 heterocycles. The van der Waals surface area contributed by atoms with Crippen LogP contribution in [0.4, 0.5) is 0 Å². The summed E-state index contributed by atoms with van der Waals surface area (Å²) in [7, 11) is -3.07. The summed E-state index contributed by atoms with van der Waals surface area (Å²) in [4.78, 5) is 0. The van der Waals surface area contributed by atoms with E-state index in [1.54, 1.807) is 0 Å². The van der Waals surface area contributed by atoms with Crippen molar-refractivity contribution in [3.05, 3.63) is 0 Å². The first-order valence-corrected chi connectivity index (χ1v) is 8.36. The number of hydrogen-bond donors (Lipinski definition) is 2. The van der Waals surface area contributed by atoms with E-state index >= 15 is 0 Å². The van der Waals surface area contributed by atoms with Gasteiger partial charge in [0.1, 0.15) is 0 Å². The van der Waals surface area contributed by atoms with Crippen LogP contribution in [0.15, 0.2) is 0 Å². The van der Waals surface area contributed by atoms with E-state index in [-0.39, 0.29) is 5.75 Å². The standard InChI is InChI=1S/C12H26N2O2S/c1-11-4-6-12(7-5-11)10-14-17(15,16)9-3-2-8-13/h11-12,14H,2-10,13H2,1H3. The van der Waals surface area contributed by atoms with Crippen LogP contribution in [-0.4, -0.2) is 27.3 Å². The number of rotatable bonds is 7. The largest absolute Gasteiger partial charge is 0.330 e. The Morgan fingerprint density at radius 1 is 1.18 bits per heavy atom. The van der Waals surface area contributed by atoms with Gasteiger partial charge in [0.05, 0.1) is 5.75 Å². The minimum atomic E-state index is -3.07. The van der Waals surface area contributed by atoms with Crippen molar-refractivity contribution < 1.29 is 8.42 Å². The van der Waals surface area contributed by atoms with Crippen molar-refractivity contribution >= 4 is 10.0 Å². The normalized spacial score (nSPS) is 26.0. The monoisotopic (exact) mass is 262 g/mol. The number of unbranched alkanes of at least 4 members (excludes halogenated alkanes) is 1. The third-order valence-electron chi connectivity index (χ3n) is 3.59. The lowest BCUT2D eigenvalue weighted by molar-refractivity contribution is 0.290. The highest BCUT2D eigenvalue weighted by Crippen LogP contribution is 2.27. The molecule has 102 valence electrons. The van der Waals surface area contributed by atoms with Crippen molar-refractivity contribution in [3.8, 4) is 0 Å². The topological polar surface area (TPSA) is 72.2 Å². The Balaban J connectivity index is 2.20. The van der Waals surface area contributed by atoms with Gasteiger partial charge in [0.15, 0.2) is 0 Å². The molecule has 1 saturated carbocycles. The maximum absolute atomic E-state index is 11.7. The Morgan fingerprint density at radius 2 is 1.82 bits per heavy atom. The third kappa shape index (κ3) is 6.38. The quantitative estimate of drug-likeness (QED) is 0.682. The van der Waals surface area contributed by atoms with Gasteiger partial charge in [-0.15, -0.1) is 0 Å². The van der Waals surface area contributed by atoms with Crippen LogP contribution in [0.5, 0.6) is 0 Å². The summed E-state index contributed by atoms with van der Waals surface area (Å²) in [6.07, 6.45) is 6.23. The van der Waals surface area contributed by atoms with Gasteiger partial charge in [0.2, 0.25) is 10.0 Å². The van der Waals surface area contributed by atoms with Crippen LogP contribution in [0.2, 0.25) is 0 Å². The first kappa shape index (κ1) is 14.9. The maximum Gasteiger partial charge on any atom is 0.211 e. The highest BCUT2D eigenvalue weighted by molar-refractivity contribution is 7.89. The molecule has 0 radical (unpaired) electrons. The third-order valence-corrected chi connectivity index (χ3v) is 5.03. The van der Waals surface area contributed by atoms with Gasteiger partial charge in [-0.1, -0.05) is 19.8 Å². The Kier molecular flexibility index (Phi) is 6.44. The first-order chi connectivity index (χ1) is 8.03. The van der Waals surface area contributed by atoms with Crippen LogP contribution in [0.3, 0.4) is 0 Å². The molecule has 0 spiro atoms. The summed E-state index contributed by atoms with van der Waals surface area (Å²) in [6.45, 7) is 3.46. The van der Waals surface area contributed by atoms with Gasteiger partial charge in [-0.25, -0.2) is 13.1 Å². The summed E-state index contributed by atoms with van der Waals surface area (Å²) in [5, 5.41) is 0.